The van der Waals surface area contributed by atoms with Gasteiger partial charge in [0.1, 0.15) is 26.4 Å². The zero-order chi connectivity index (χ0) is 13.8. The normalized spacial score (nSPS) is 8.32. The van der Waals surface area contributed by atoms with Crippen LogP contribution in [-0.2, 0) is 4.74 Å². The Balaban J connectivity index is 2.57. The fraction of sp³-hybridized carbons (Fsp3) is 0.250. The molecule has 0 saturated carbocycles. The van der Waals surface area contributed by atoms with Crippen molar-refractivity contribution in [3.8, 4) is 35.5 Å². The second kappa shape index (κ2) is 9.77. The van der Waals surface area contributed by atoms with Crippen LogP contribution in [0.5, 0.6) is 0 Å². The topological polar surface area (TPSA) is 49.7 Å². The Bertz CT molecular complexity index is 571. The molecular weight excluding hydrogens is 240 g/mol. The third-order valence-corrected chi connectivity index (χ3v) is 2.00. The van der Waals surface area contributed by atoms with E-state index in [1.54, 1.807) is 0 Å². The van der Waals surface area contributed by atoms with Gasteiger partial charge in [-0.3, -0.25) is 0 Å². The van der Waals surface area contributed by atoms with Crippen molar-refractivity contribution in [3.05, 3.63) is 35.4 Å². The van der Waals surface area contributed by atoms with E-state index >= 15 is 0 Å². The van der Waals surface area contributed by atoms with Crippen LogP contribution in [-0.4, -0.2) is 36.6 Å². The van der Waals surface area contributed by atoms with E-state index in [2.05, 4.69) is 35.5 Å². The first-order valence-electron chi connectivity index (χ1n) is 5.70. The van der Waals surface area contributed by atoms with Crippen molar-refractivity contribution in [1.82, 2.24) is 0 Å². The van der Waals surface area contributed by atoms with E-state index in [4.69, 9.17) is 14.9 Å². The molecule has 1 rings (SSSR count). The molecule has 0 radical (unpaired) electrons. The predicted molar refractivity (Wildman–Crippen MR) is 73.0 cm³/mol. The first-order valence-corrected chi connectivity index (χ1v) is 5.70. The van der Waals surface area contributed by atoms with E-state index in [0.717, 1.165) is 11.1 Å². The van der Waals surface area contributed by atoms with Crippen LogP contribution in [0.2, 0.25) is 0 Å². The Kier molecular flexibility index (Phi) is 7.63. The van der Waals surface area contributed by atoms with Gasteiger partial charge in [0.05, 0.1) is 0 Å². The Morgan fingerprint density at radius 2 is 1.37 bits per heavy atom. The number of hydrogen-bond acceptors (Lipinski definition) is 3. The van der Waals surface area contributed by atoms with E-state index < -0.39 is 0 Å². The summed E-state index contributed by atoms with van der Waals surface area (Å²) in [4.78, 5) is 0. The molecule has 0 amide bonds. The molecule has 3 nitrogen and oxygen atoms in total. The summed E-state index contributed by atoms with van der Waals surface area (Å²) in [5, 5.41) is 17.1. The zero-order valence-corrected chi connectivity index (χ0v) is 10.4. The number of aliphatic hydroxyl groups is 2. The standard InChI is InChI=1S/C16H14O3/c17-11-3-4-13-19-14-6-10-16-8-2-1-7-15(16)9-5-12-18/h1-2,7-8,17-18H,11-14H2. The fourth-order valence-electron chi connectivity index (χ4n) is 1.23. The molecule has 0 fully saturated rings. The number of hydrogen-bond donors (Lipinski definition) is 2. The lowest BCUT2D eigenvalue weighted by atomic mass is 10.1. The van der Waals surface area contributed by atoms with Crippen LogP contribution in [0.15, 0.2) is 24.3 Å². The number of aliphatic hydroxyl groups excluding tert-OH is 2. The molecule has 0 heterocycles. The number of ether oxygens (including phenoxy) is 1. The van der Waals surface area contributed by atoms with Crippen molar-refractivity contribution in [2.24, 2.45) is 0 Å². The summed E-state index contributed by atoms with van der Waals surface area (Å²) in [5.41, 5.74) is 1.58. The van der Waals surface area contributed by atoms with Crippen molar-refractivity contribution in [2.75, 3.05) is 26.4 Å². The van der Waals surface area contributed by atoms with Gasteiger partial charge in [0.15, 0.2) is 0 Å². The second-order valence-electron chi connectivity index (χ2n) is 3.31. The lowest BCUT2D eigenvalue weighted by Gasteiger charge is -1.95. The van der Waals surface area contributed by atoms with Crippen LogP contribution in [0.1, 0.15) is 11.1 Å². The minimum absolute atomic E-state index is 0.161. The molecule has 0 bridgehead atoms. The minimum Gasteiger partial charge on any atom is -0.384 e. The molecular formula is C16H14O3. The van der Waals surface area contributed by atoms with Crippen LogP contribution in [0, 0.1) is 35.5 Å². The zero-order valence-electron chi connectivity index (χ0n) is 10.4. The highest BCUT2D eigenvalue weighted by atomic mass is 16.5. The first kappa shape index (κ1) is 14.8. The van der Waals surface area contributed by atoms with E-state index in [1.807, 2.05) is 24.3 Å². The molecule has 0 atom stereocenters. The van der Waals surface area contributed by atoms with Gasteiger partial charge in [0.2, 0.25) is 0 Å². The molecule has 3 heteroatoms. The third-order valence-electron chi connectivity index (χ3n) is 2.00. The minimum atomic E-state index is -0.172. The molecule has 0 unspecified atom stereocenters. The van der Waals surface area contributed by atoms with Crippen LogP contribution in [0.4, 0.5) is 0 Å². The van der Waals surface area contributed by atoms with Crippen LogP contribution >= 0.6 is 0 Å². The molecule has 0 aliphatic carbocycles. The molecule has 0 aliphatic heterocycles. The summed E-state index contributed by atoms with van der Waals surface area (Å²) in [6, 6.07) is 7.45. The van der Waals surface area contributed by atoms with Crippen molar-refractivity contribution in [3.63, 3.8) is 0 Å². The van der Waals surface area contributed by atoms with Gasteiger partial charge < -0.3 is 14.9 Å². The van der Waals surface area contributed by atoms with Crippen LogP contribution in [0.25, 0.3) is 0 Å². The summed E-state index contributed by atoms with van der Waals surface area (Å²) in [5.74, 6) is 16.4. The molecule has 0 spiro atoms. The number of rotatable bonds is 2. The maximum atomic E-state index is 8.68. The van der Waals surface area contributed by atoms with Crippen molar-refractivity contribution >= 4 is 0 Å². The van der Waals surface area contributed by atoms with Gasteiger partial charge in [0.25, 0.3) is 0 Å². The monoisotopic (exact) mass is 254 g/mol. The number of benzene rings is 1. The second-order valence-corrected chi connectivity index (χ2v) is 3.31. The van der Waals surface area contributed by atoms with Crippen molar-refractivity contribution < 1.29 is 14.9 Å². The lowest BCUT2D eigenvalue weighted by Crippen LogP contribution is -1.92. The molecule has 1 aromatic rings. The summed E-state index contributed by atoms with van der Waals surface area (Å²) in [6.45, 7) is 0.184. The Morgan fingerprint density at radius 1 is 0.789 bits per heavy atom. The maximum absolute atomic E-state index is 8.68. The van der Waals surface area contributed by atoms with Gasteiger partial charge in [-0.2, -0.15) is 0 Å². The largest absolute Gasteiger partial charge is 0.384 e. The van der Waals surface area contributed by atoms with Gasteiger partial charge in [-0.1, -0.05) is 47.7 Å². The maximum Gasteiger partial charge on any atom is 0.109 e. The smallest absolute Gasteiger partial charge is 0.109 e. The van der Waals surface area contributed by atoms with Gasteiger partial charge in [0, 0.05) is 11.1 Å². The average Bonchev–Trinajstić information content (AvgIpc) is 2.45. The van der Waals surface area contributed by atoms with E-state index in [0.29, 0.717) is 0 Å². The van der Waals surface area contributed by atoms with E-state index in [-0.39, 0.29) is 26.4 Å². The average molecular weight is 254 g/mol. The van der Waals surface area contributed by atoms with Crippen LogP contribution in [0.3, 0.4) is 0 Å². The van der Waals surface area contributed by atoms with E-state index in [9.17, 15) is 0 Å². The molecule has 0 saturated heterocycles. The SMILES string of the molecule is OCC#CCOCC#Cc1ccccc1C#CCO. The Labute approximate surface area is 113 Å². The summed E-state index contributed by atoms with van der Waals surface area (Å²) in [6.07, 6.45) is 0. The van der Waals surface area contributed by atoms with Crippen molar-refractivity contribution in [2.45, 2.75) is 0 Å². The summed E-state index contributed by atoms with van der Waals surface area (Å²) < 4.78 is 5.14. The molecule has 0 aliphatic rings. The Hall–Kier alpha value is -2.22. The summed E-state index contributed by atoms with van der Waals surface area (Å²) >= 11 is 0. The molecule has 19 heavy (non-hydrogen) atoms. The Morgan fingerprint density at radius 3 is 2.00 bits per heavy atom. The molecule has 1 aromatic carbocycles. The van der Waals surface area contributed by atoms with Gasteiger partial charge in [-0.05, 0) is 12.1 Å². The highest BCUT2D eigenvalue weighted by Gasteiger charge is 1.93. The van der Waals surface area contributed by atoms with Crippen LogP contribution < -0.4 is 0 Å². The summed E-state index contributed by atoms with van der Waals surface area (Å²) in [7, 11) is 0. The molecule has 2 N–H and O–H groups in total. The first-order chi connectivity index (χ1) is 9.38. The van der Waals surface area contributed by atoms with E-state index in [1.165, 1.54) is 0 Å². The van der Waals surface area contributed by atoms with Crippen molar-refractivity contribution in [1.29, 1.82) is 0 Å². The highest BCUT2D eigenvalue weighted by Crippen LogP contribution is 2.05. The quantitative estimate of drug-likeness (QED) is 0.593. The predicted octanol–water partition coefficient (Wildman–Crippen LogP) is 0.394. The third kappa shape index (κ3) is 6.32. The highest BCUT2D eigenvalue weighted by molar-refractivity contribution is 5.50. The molecule has 96 valence electrons. The van der Waals surface area contributed by atoms with Gasteiger partial charge in [-0.15, -0.1) is 0 Å². The van der Waals surface area contributed by atoms with Gasteiger partial charge in [-0.25, -0.2) is 0 Å². The van der Waals surface area contributed by atoms with Gasteiger partial charge >= 0.3 is 0 Å². The fourth-order valence-corrected chi connectivity index (χ4v) is 1.23. The lowest BCUT2D eigenvalue weighted by molar-refractivity contribution is 0.204. The molecule has 0 aromatic heterocycles.